The van der Waals surface area contributed by atoms with E-state index in [1.165, 1.54) is 0 Å². The van der Waals surface area contributed by atoms with E-state index in [9.17, 15) is 4.79 Å². The van der Waals surface area contributed by atoms with Crippen LogP contribution >= 0.6 is 0 Å². The third kappa shape index (κ3) is 4.42. The average Bonchev–Trinajstić information content (AvgIpc) is 3.12. The van der Waals surface area contributed by atoms with Crippen molar-refractivity contribution in [3.05, 3.63) is 77.9 Å². The summed E-state index contributed by atoms with van der Waals surface area (Å²) in [5.74, 6) is 1.85. The van der Waals surface area contributed by atoms with Gasteiger partial charge in [-0.1, -0.05) is 50.2 Å². The van der Waals surface area contributed by atoms with Gasteiger partial charge in [0.1, 0.15) is 11.6 Å². The molecule has 3 rings (SSSR count). The van der Waals surface area contributed by atoms with Crippen molar-refractivity contribution in [3.63, 3.8) is 0 Å². The van der Waals surface area contributed by atoms with Gasteiger partial charge in [-0.05, 0) is 43.0 Å². The summed E-state index contributed by atoms with van der Waals surface area (Å²) in [7, 11) is 0. The van der Waals surface area contributed by atoms with Crippen molar-refractivity contribution in [2.45, 2.75) is 46.3 Å². The summed E-state index contributed by atoms with van der Waals surface area (Å²) in [5, 5.41) is 2.99. The molecule has 146 valence electrons. The van der Waals surface area contributed by atoms with E-state index < -0.39 is 6.10 Å². The lowest BCUT2D eigenvalue weighted by atomic mass is 10.0. The second kappa shape index (κ2) is 8.74. The second-order valence-corrected chi connectivity index (χ2v) is 7.14. The zero-order chi connectivity index (χ0) is 20.1. The van der Waals surface area contributed by atoms with Gasteiger partial charge in [0, 0.05) is 18.9 Å². The molecule has 1 N–H and O–H groups in total. The molecular weight excluding hydrogens is 350 g/mol. The van der Waals surface area contributed by atoms with Crippen LogP contribution in [0, 0.1) is 6.92 Å². The zero-order valence-electron chi connectivity index (χ0n) is 16.8. The van der Waals surface area contributed by atoms with E-state index in [1.54, 1.807) is 13.1 Å². The molecule has 1 heterocycles. The molecule has 0 aliphatic carbocycles. The third-order valence-corrected chi connectivity index (χ3v) is 4.74. The fourth-order valence-corrected chi connectivity index (χ4v) is 3.16. The van der Waals surface area contributed by atoms with Crippen molar-refractivity contribution in [1.29, 1.82) is 0 Å². The maximum absolute atomic E-state index is 12.6. The molecule has 0 aliphatic rings. The van der Waals surface area contributed by atoms with Crippen LogP contribution < -0.4 is 10.1 Å². The fourth-order valence-electron chi connectivity index (χ4n) is 3.16. The number of para-hydroxylation sites is 2. The number of carbonyl (C=O) groups excluding carboxylic acids is 1. The highest BCUT2D eigenvalue weighted by Gasteiger charge is 2.17. The molecule has 0 aliphatic heterocycles. The van der Waals surface area contributed by atoms with Crippen LogP contribution in [0.25, 0.3) is 5.69 Å². The minimum Gasteiger partial charge on any atom is -0.481 e. The predicted octanol–water partition coefficient (Wildman–Crippen LogP) is 4.39. The molecule has 1 aromatic heterocycles. The van der Waals surface area contributed by atoms with Gasteiger partial charge in [0.15, 0.2) is 6.10 Å². The number of aryl methyl sites for hydroxylation is 1. The molecule has 0 saturated carbocycles. The molecule has 0 radical (unpaired) electrons. The Bertz CT molecular complexity index is 946. The molecule has 0 fully saturated rings. The molecule has 28 heavy (non-hydrogen) atoms. The summed E-state index contributed by atoms with van der Waals surface area (Å²) in [5.41, 5.74) is 3.13. The quantitative estimate of drug-likeness (QED) is 0.664. The van der Waals surface area contributed by atoms with E-state index in [2.05, 4.69) is 24.1 Å². The molecule has 3 aromatic rings. The number of ether oxygens (including phenoxy) is 1. The lowest BCUT2D eigenvalue weighted by molar-refractivity contribution is -0.127. The van der Waals surface area contributed by atoms with E-state index >= 15 is 0 Å². The van der Waals surface area contributed by atoms with Crippen molar-refractivity contribution in [2.75, 3.05) is 0 Å². The first kappa shape index (κ1) is 19.7. The highest BCUT2D eigenvalue weighted by atomic mass is 16.5. The first-order valence-electron chi connectivity index (χ1n) is 9.59. The Morgan fingerprint density at radius 2 is 1.82 bits per heavy atom. The van der Waals surface area contributed by atoms with Crippen LogP contribution in [0.5, 0.6) is 5.75 Å². The minimum absolute atomic E-state index is 0.143. The Hall–Kier alpha value is -3.08. The second-order valence-electron chi connectivity index (χ2n) is 7.14. The van der Waals surface area contributed by atoms with Crippen molar-refractivity contribution in [3.8, 4) is 11.4 Å². The molecule has 0 bridgehead atoms. The van der Waals surface area contributed by atoms with Crippen molar-refractivity contribution in [1.82, 2.24) is 14.9 Å². The number of amides is 1. The van der Waals surface area contributed by atoms with Crippen molar-refractivity contribution in [2.24, 2.45) is 0 Å². The van der Waals surface area contributed by atoms with Gasteiger partial charge in [0.05, 0.1) is 5.69 Å². The van der Waals surface area contributed by atoms with E-state index in [-0.39, 0.29) is 5.91 Å². The molecule has 5 nitrogen and oxygen atoms in total. The molecule has 5 heteroatoms. The molecule has 0 saturated heterocycles. The summed E-state index contributed by atoms with van der Waals surface area (Å²) in [6, 6.07) is 15.8. The van der Waals surface area contributed by atoms with E-state index in [0.717, 1.165) is 28.4 Å². The molecule has 1 unspecified atom stereocenters. The normalized spacial score (nSPS) is 12.0. The van der Waals surface area contributed by atoms with Crippen molar-refractivity contribution < 1.29 is 9.53 Å². The summed E-state index contributed by atoms with van der Waals surface area (Å²) in [4.78, 5) is 16.9. The van der Waals surface area contributed by atoms with E-state index in [1.807, 2.05) is 66.2 Å². The van der Waals surface area contributed by atoms with E-state index in [0.29, 0.717) is 12.5 Å². The Balaban J connectivity index is 1.68. The SMILES string of the molecule is Cc1nccn1-c1ccccc1CNC(=O)C(C)Oc1ccccc1C(C)C. The highest BCUT2D eigenvalue weighted by Crippen LogP contribution is 2.26. The van der Waals surface area contributed by atoms with E-state index in [4.69, 9.17) is 4.74 Å². The average molecular weight is 377 g/mol. The Labute approximate surface area is 166 Å². The Morgan fingerprint density at radius 3 is 2.54 bits per heavy atom. The number of rotatable bonds is 7. The lowest BCUT2D eigenvalue weighted by Gasteiger charge is -2.19. The molecule has 1 amide bonds. The van der Waals surface area contributed by atoms with Crippen LogP contribution in [0.4, 0.5) is 0 Å². The minimum atomic E-state index is -0.581. The van der Waals surface area contributed by atoms with Gasteiger partial charge in [0.25, 0.3) is 5.91 Å². The van der Waals surface area contributed by atoms with Gasteiger partial charge in [-0.15, -0.1) is 0 Å². The van der Waals surface area contributed by atoms with Crippen LogP contribution in [0.2, 0.25) is 0 Å². The first-order chi connectivity index (χ1) is 13.5. The van der Waals surface area contributed by atoms with Gasteiger partial charge >= 0.3 is 0 Å². The van der Waals surface area contributed by atoms with Crippen LogP contribution in [-0.4, -0.2) is 21.6 Å². The molecule has 0 spiro atoms. The monoisotopic (exact) mass is 377 g/mol. The highest BCUT2D eigenvalue weighted by molar-refractivity contribution is 5.80. The number of nitrogens with zero attached hydrogens (tertiary/aromatic N) is 2. The lowest BCUT2D eigenvalue weighted by Crippen LogP contribution is -2.36. The van der Waals surface area contributed by atoms with Gasteiger partial charge in [-0.2, -0.15) is 0 Å². The zero-order valence-corrected chi connectivity index (χ0v) is 16.8. The Morgan fingerprint density at radius 1 is 1.11 bits per heavy atom. The number of nitrogens with one attached hydrogen (secondary N) is 1. The first-order valence-corrected chi connectivity index (χ1v) is 9.59. The topological polar surface area (TPSA) is 56.2 Å². The molecular formula is C23H27N3O2. The van der Waals surface area contributed by atoms with Crippen molar-refractivity contribution >= 4 is 5.91 Å². The summed E-state index contributed by atoms with van der Waals surface area (Å²) in [6.07, 6.45) is 3.11. The third-order valence-electron chi connectivity index (χ3n) is 4.74. The maximum Gasteiger partial charge on any atom is 0.261 e. The van der Waals surface area contributed by atoms with Crippen LogP contribution in [-0.2, 0) is 11.3 Å². The number of hydrogen-bond acceptors (Lipinski definition) is 3. The summed E-state index contributed by atoms with van der Waals surface area (Å²) < 4.78 is 7.97. The summed E-state index contributed by atoms with van der Waals surface area (Å²) in [6.45, 7) is 8.38. The van der Waals surface area contributed by atoms with Crippen LogP contribution in [0.1, 0.15) is 43.6 Å². The smallest absolute Gasteiger partial charge is 0.261 e. The maximum atomic E-state index is 12.6. The fraction of sp³-hybridized carbons (Fsp3) is 0.304. The predicted molar refractivity (Wildman–Crippen MR) is 111 cm³/mol. The number of carbonyl (C=O) groups is 1. The van der Waals surface area contributed by atoms with Gasteiger partial charge in [-0.25, -0.2) is 4.98 Å². The van der Waals surface area contributed by atoms with Crippen LogP contribution in [0.3, 0.4) is 0 Å². The summed E-state index contributed by atoms with van der Waals surface area (Å²) >= 11 is 0. The van der Waals surface area contributed by atoms with Gasteiger partial charge < -0.3 is 14.6 Å². The van der Waals surface area contributed by atoms with Gasteiger partial charge in [-0.3, -0.25) is 4.79 Å². The standard InChI is InChI=1S/C23H27N3O2/c1-16(2)20-10-6-8-12-22(20)28-17(3)23(27)25-15-19-9-5-7-11-21(19)26-14-13-24-18(26)4/h5-14,16-17H,15H2,1-4H3,(H,25,27). The number of aromatic nitrogens is 2. The van der Waals surface area contributed by atoms with Gasteiger partial charge in [0.2, 0.25) is 0 Å². The molecule has 2 aromatic carbocycles. The number of imidazole rings is 1. The van der Waals surface area contributed by atoms with Crippen LogP contribution in [0.15, 0.2) is 60.9 Å². The number of benzene rings is 2. The molecule has 1 atom stereocenters. The Kier molecular flexibility index (Phi) is 6.14. The number of hydrogen-bond donors (Lipinski definition) is 1. The largest absolute Gasteiger partial charge is 0.481 e.